The Kier molecular flexibility index (Phi) is 5.37. The van der Waals surface area contributed by atoms with Crippen molar-refractivity contribution in [2.45, 2.75) is 6.92 Å². The third-order valence-corrected chi connectivity index (χ3v) is 3.51. The third-order valence-electron chi connectivity index (χ3n) is 2.34. The summed E-state index contributed by atoms with van der Waals surface area (Å²) in [5.74, 6) is 1.13. The van der Waals surface area contributed by atoms with E-state index in [9.17, 15) is 0 Å². The maximum Gasteiger partial charge on any atom is 0.463 e. The van der Waals surface area contributed by atoms with Crippen molar-refractivity contribution in [2.24, 2.45) is 0 Å². The molecule has 0 bridgehead atoms. The fourth-order valence-corrected chi connectivity index (χ4v) is 2.43. The first-order valence-corrected chi connectivity index (χ1v) is 7.26. The Morgan fingerprint density at radius 1 is 1.00 bits per heavy atom. The van der Waals surface area contributed by atoms with Gasteiger partial charge >= 0.3 is 8.60 Å². The van der Waals surface area contributed by atoms with E-state index in [0.29, 0.717) is 23.7 Å². The largest absolute Gasteiger partial charge is 0.463 e. The van der Waals surface area contributed by atoms with Gasteiger partial charge < -0.3 is 9.05 Å². The monoisotopic (exact) mass is 287 g/mol. The van der Waals surface area contributed by atoms with Crippen LogP contribution in [0.3, 0.4) is 0 Å². The van der Waals surface area contributed by atoms with E-state index in [1.807, 2.05) is 37.3 Å². The van der Waals surface area contributed by atoms with Crippen LogP contribution in [0.25, 0.3) is 0 Å². The summed E-state index contributed by atoms with van der Waals surface area (Å²) in [7, 11) is -1.59. The Bertz CT molecular complexity index is 583. The summed E-state index contributed by atoms with van der Waals surface area (Å²) in [6.07, 6.45) is 0. The second-order valence-electron chi connectivity index (χ2n) is 3.74. The van der Waals surface area contributed by atoms with Crippen molar-refractivity contribution in [1.29, 1.82) is 5.26 Å². The minimum Gasteiger partial charge on any atom is -0.418 e. The molecule has 0 saturated heterocycles. The van der Waals surface area contributed by atoms with Crippen molar-refractivity contribution in [3.8, 4) is 17.6 Å². The standard InChI is InChI=1S/C15H14NO3P/c1-2-17-20(18-14-9-4-3-5-10-14)19-15-11-7-6-8-13(15)12-16/h3-11H,2H2,1H3. The lowest BCUT2D eigenvalue weighted by Gasteiger charge is -2.17. The molecule has 2 aromatic rings. The molecule has 0 aliphatic heterocycles. The molecule has 0 heterocycles. The third kappa shape index (κ3) is 3.96. The number of para-hydroxylation sites is 2. The van der Waals surface area contributed by atoms with E-state index in [4.69, 9.17) is 18.8 Å². The average molecular weight is 287 g/mol. The smallest absolute Gasteiger partial charge is 0.418 e. The molecule has 0 aromatic heterocycles. The highest BCUT2D eigenvalue weighted by molar-refractivity contribution is 7.42. The Morgan fingerprint density at radius 2 is 1.70 bits per heavy atom. The van der Waals surface area contributed by atoms with Gasteiger partial charge in [0.1, 0.15) is 17.6 Å². The van der Waals surface area contributed by atoms with Crippen LogP contribution >= 0.6 is 8.60 Å². The fraction of sp³-hybridized carbons (Fsp3) is 0.133. The Hall–Kier alpha value is -2.08. The van der Waals surface area contributed by atoms with E-state index in [-0.39, 0.29) is 0 Å². The lowest BCUT2D eigenvalue weighted by molar-refractivity contribution is 0.280. The van der Waals surface area contributed by atoms with Crippen LogP contribution in [0.4, 0.5) is 0 Å². The van der Waals surface area contributed by atoms with E-state index in [0.717, 1.165) is 0 Å². The Morgan fingerprint density at radius 3 is 2.40 bits per heavy atom. The molecule has 0 radical (unpaired) electrons. The molecule has 4 nitrogen and oxygen atoms in total. The summed E-state index contributed by atoms with van der Waals surface area (Å²) < 4.78 is 16.8. The summed E-state index contributed by atoms with van der Waals surface area (Å²) in [6, 6.07) is 18.4. The number of hydrogen-bond donors (Lipinski definition) is 0. The zero-order valence-electron chi connectivity index (χ0n) is 11.0. The highest BCUT2D eigenvalue weighted by atomic mass is 31.2. The van der Waals surface area contributed by atoms with Crippen molar-refractivity contribution in [1.82, 2.24) is 0 Å². The van der Waals surface area contributed by atoms with Gasteiger partial charge in [0.05, 0.1) is 12.2 Å². The first-order valence-electron chi connectivity index (χ1n) is 6.16. The fourth-order valence-electron chi connectivity index (χ4n) is 1.46. The van der Waals surface area contributed by atoms with E-state index >= 15 is 0 Å². The minimum absolute atomic E-state index is 0.455. The molecular formula is C15H14NO3P. The first-order chi connectivity index (χ1) is 9.83. The van der Waals surface area contributed by atoms with Crippen LogP contribution < -0.4 is 9.05 Å². The minimum atomic E-state index is -1.59. The van der Waals surface area contributed by atoms with E-state index < -0.39 is 8.60 Å². The molecule has 5 heteroatoms. The van der Waals surface area contributed by atoms with Crippen LogP contribution in [0.2, 0.25) is 0 Å². The van der Waals surface area contributed by atoms with Crippen molar-refractivity contribution in [2.75, 3.05) is 6.61 Å². The molecule has 1 atom stereocenters. The van der Waals surface area contributed by atoms with Gasteiger partial charge in [0.15, 0.2) is 0 Å². The van der Waals surface area contributed by atoms with E-state index in [1.165, 1.54) is 0 Å². The number of benzene rings is 2. The molecule has 0 aliphatic rings. The second-order valence-corrected chi connectivity index (χ2v) is 4.82. The van der Waals surface area contributed by atoms with Gasteiger partial charge in [-0.3, -0.25) is 4.52 Å². The zero-order chi connectivity index (χ0) is 14.2. The van der Waals surface area contributed by atoms with Gasteiger partial charge in [-0.25, -0.2) is 0 Å². The summed E-state index contributed by atoms with van der Waals surface area (Å²) in [5, 5.41) is 9.05. The van der Waals surface area contributed by atoms with Gasteiger partial charge in [0.2, 0.25) is 0 Å². The van der Waals surface area contributed by atoms with Gasteiger partial charge in [-0.15, -0.1) is 0 Å². The molecule has 0 N–H and O–H groups in total. The van der Waals surface area contributed by atoms with Crippen LogP contribution in [-0.4, -0.2) is 6.61 Å². The van der Waals surface area contributed by atoms with Gasteiger partial charge in [-0.2, -0.15) is 5.26 Å². The average Bonchev–Trinajstić information content (AvgIpc) is 2.49. The highest BCUT2D eigenvalue weighted by Crippen LogP contribution is 2.42. The summed E-state index contributed by atoms with van der Waals surface area (Å²) in [6.45, 7) is 2.33. The Balaban J connectivity index is 2.11. The first kappa shape index (κ1) is 14.3. The van der Waals surface area contributed by atoms with Gasteiger partial charge in [-0.1, -0.05) is 30.3 Å². The molecule has 0 spiro atoms. The molecule has 102 valence electrons. The zero-order valence-corrected chi connectivity index (χ0v) is 11.9. The molecule has 0 saturated carbocycles. The number of rotatable bonds is 6. The van der Waals surface area contributed by atoms with Crippen molar-refractivity contribution in [3.05, 3.63) is 60.2 Å². The van der Waals surface area contributed by atoms with Crippen LogP contribution in [0.15, 0.2) is 54.6 Å². The molecule has 0 amide bonds. The Labute approximate surface area is 119 Å². The van der Waals surface area contributed by atoms with Gasteiger partial charge in [0, 0.05) is 0 Å². The number of nitriles is 1. The molecule has 1 unspecified atom stereocenters. The summed E-state index contributed by atoms with van der Waals surface area (Å²) in [5.41, 5.74) is 0.455. The van der Waals surface area contributed by atoms with Crippen LogP contribution in [0.1, 0.15) is 12.5 Å². The maximum atomic E-state index is 9.05. The predicted molar refractivity (Wildman–Crippen MR) is 77.4 cm³/mol. The molecule has 2 aromatic carbocycles. The van der Waals surface area contributed by atoms with Crippen LogP contribution in [0, 0.1) is 11.3 Å². The normalized spacial score (nSPS) is 11.4. The summed E-state index contributed by atoms with van der Waals surface area (Å²) in [4.78, 5) is 0. The molecule has 0 aliphatic carbocycles. The topological polar surface area (TPSA) is 51.5 Å². The molecule has 2 rings (SSSR count). The summed E-state index contributed by atoms with van der Waals surface area (Å²) >= 11 is 0. The van der Waals surface area contributed by atoms with Crippen LogP contribution in [0.5, 0.6) is 11.5 Å². The van der Waals surface area contributed by atoms with Crippen molar-refractivity contribution < 1.29 is 13.6 Å². The lowest BCUT2D eigenvalue weighted by atomic mass is 10.2. The lowest BCUT2D eigenvalue weighted by Crippen LogP contribution is -2.00. The van der Waals surface area contributed by atoms with E-state index in [2.05, 4.69) is 6.07 Å². The quantitative estimate of drug-likeness (QED) is 0.744. The number of nitrogens with zero attached hydrogens (tertiary/aromatic N) is 1. The second kappa shape index (κ2) is 7.49. The molecule has 20 heavy (non-hydrogen) atoms. The number of hydrogen-bond acceptors (Lipinski definition) is 4. The van der Waals surface area contributed by atoms with Crippen molar-refractivity contribution >= 4 is 8.60 Å². The molecule has 0 fully saturated rings. The molecular weight excluding hydrogens is 273 g/mol. The van der Waals surface area contributed by atoms with E-state index in [1.54, 1.807) is 24.3 Å². The maximum absolute atomic E-state index is 9.05. The van der Waals surface area contributed by atoms with Crippen molar-refractivity contribution in [3.63, 3.8) is 0 Å². The van der Waals surface area contributed by atoms with Gasteiger partial charge in [-0.05, 0) is 31.2 Å². The highest BCUT2D eigenvalue weighted by Gasteiger charge is 2.18. The van der Waals surface area contributed by atoms with Crippen LogP contribution in [-0.2, 0) is 4.52 Å². The SMILES string of the molecule is CCOP(Oc1ccccc1)Oc1ccccc1C#N. The van der Waals surface area contributed by atoms with Gasteiger partial charge in [0.25, 0.3) is 0 Å². The predicted octanol–water partition coefficient (Wildman–Crippen LogP) is 4.28.